The molecule has 12 heteroatoms. The van der Waals surface area contributed by atoms with Gasteiger partial charge >= 0.3 is 0 Å². The van der Waals surface area contributed by atoms with E-state index >= 15 is 0 Å². The molecule has 0 aliphatic carbocycles. The number of nitro groups is 1. The first kappa shape index (κ1) is 17.8. The lowest BCUT2D eigenvalue weighted by Crippen LogP contribution is -2.34. The summed E-state index contributed by atoms with van der Waals surface area (Å²) in [5.74, 6) is 0. The average molecular weight is 300 g/mol. The fourth-order valence-corrected chi connectivity index (χ4v) is 2.07. The van der Waals surface area contributed by atoms with Gasteiger partial charge in [0, 0.05) is 22.9 Å². The first-order valence-electron chi connectivity index (χ1n) is 5.31. The molecule has 0 aliphatic rings. The molecule has 1 rings (SSSR count). The molecule has 102 valence electrons. The van der Waals surface area contributed by atoms with Crippen molar-refractivity contribution in [1.82, 2.24) is 0 Å². The standard InChI is InChI=1S/C9H7B4NO6S/c1-21(18,19)20-9(12,13)6-2-5(8(10,11)15)3-7(4-6)14(16)17/h2-4,15H,1H3. The molecule has 0 aliphatic heterocycles. The van der Waals surface area contributed by atoms with Crippen LogP contribution in [-0.4, -0.2) is 56.1 Å². The predicted octanol–water partition coefficient (Wildman–Crippen LogP) is -1.54. The van der Waals surface area contributed by atoms with Crippen LogP contribution in [0.1, 0.15) is 11.1 Å². The number of rotatable bonds is 5. The van der Waals surface area contributed by atoms with E-state index in [0.29, 0.717) is 6.26 Å². The molecule has 8 radical (unpaired) electrons. The van der Waals surface area contributed by atoms with Crippen LogP contribution in [0.5, 0.6) is 0 Å². The Labute approximate surface area is 127 Å². The van der Waals surface area contributed by atoms with Crippen LogP contribution in [-0.2, 0) is 25.1 Å². The topological polar surface area (TPSA) is 107 Å². The van der Waals surface area contributed by atoms with Gasteiger partial charge in [0.1, 0.15) is 31.4 Å². The maximum Gasteiger partial charge on any atom is 0.270 e. The van der Waals surface area contributed by atoms with Crippen LogP contribution in [0, 0.1) is 10.1 Å². The molecular weight excluding hydrogens is 293 g/mol. The highest BCUT2D eigenvalue weighted by Gasteiger charge is 2.29. The fourth-order valence-electron chi connectivity index (χ4n) is 1.47. The summed E-state index contributed by atoms with van der Waals surface area (Å²) in [4.78, 5) is 10.0. The minimum atomic E-state index is -4.06. The monoisotopic (exact) mass is 301 g/mol. The van der Waals surface area contributed by atoms with Gasteiger partial charge in [-0.1, -0.05) is 6.07 Å². The van der Waals surface area contributed by atoms with E-state index in [2.05, 4.69) is 4.18 Å². The van der Waals surface area contributed by atoms with Crippen LogP contribution in [0.15, 0.2) is 18.2 Å². The van der Waals surface area contributed by atoms with Crippen LogP contribution in [0.2, 0.25) is 0 Å². The van der Waals surface area contributed by atoms with Crippen molar-refractivity contribution >= 4 is 47.2 Å². The second kappa shape index (κ2) is 5.51. The predicted molar refractivity (Wildman–Crippen MR) is 77.6 cm³/mol. The summed E-state index contributed by atoms with van der Waals surface area (Å²) in [6.07, 6.45) is 0.696. The summed E-state index contributed by atoms with van der Waals surface area (Å²) in [6.45, 7) is 0. The molecule has 0 saturated heterocycles. The zero-order valence-electron chi connectivity index (χ0n) is 10.9. The summed E-state index contributed by atoms with van der Waals surface area (Å²) in [5, 5.41) is 15.5. The van der Waals surface area contributed by atoms with Crippen molar-refractivity contribution < 1.29 is 22.6 Å². The Morgan fingerprint density at radius 1 is 1.19 bits per heavy atom. The number of benzene rings is 1. The minimum absolute atomic E-state index is 0.302. The minimum Gasteiger partial charge on any atom is -0.405 e. The Balaban J connectivity index is 3.48. The smallest absolute Gasteiger partial charge is 0.270 e. The van der Waals surface area contributed by atoms with E-state index in [9.17, 15) is 23.6 Å². The second-order valence-corrected chi connectivity index (χ2v) is 6.01. The lowest BCUT2D eigenvalue weighted by atomic mass is 9.58. The Morgan fingerprint density at radius 2 is 1.67 bits per heavy atom. The third-order valence-corrected chi connectivity index (χ3v) is 2.91. The van der Waals surface area contributed by atoms with E-state index in [1.807, 2.05) is 0 Å². The highest BCUT2D eigenvalue weighted by molar-refractivity contribution is 7.86. The Kier molecular flexibility index (Phi) is 4.67. The Bertz CT molecular complexity index is 669. The van der Waals surface area contributed by atoms with Gasteiger partial charge in [-0.25, -0.2) is 0 Å². The van der Waals surface area contributed by atoms with Gasteiger partial charge in [0.25, 0.3) is 15.8 Å². The molecule has 0 fully saturated rings. The molecule has 0 heterocycles. The highest BCUT2D eigenvalue weighted by atomic mass is 32.2. The molecule has 0 aromatic heterocycles. The molecule has 1 N–H and O–H groups in total. The number of hydrogen-bond acceptors (Lipinski definition) is 6. The van der Waals surface area contributed by atoms with Gasteiger partial charge in [-0.3, -0.25) is 14.3 Å². The van der Waals surface area contributed by atoms with Gasteiger partial charge in [-0.05, 0) is 11.1 Å². The molecular formula is C9H7B4NO6S. The van der Waals surface area contributed by atoms with Gasteiger partial charge in [0.15, 0.2) is 0 Å². The van der Waals surface area contributed by atoms with E-state index in [0.717, 1.165) is 18.2 Å². The van der Waals surface area contributed by atoms with Crippen LogP contribution in [0.25, 0.3) is 0 Å². The fraction of sp³-hybridized carbons (Fsp3) is 0.333. The Hall–Kier alpha value is -1.25. The van der Waals surface area contributed by atoms with Crippen molar-refractivity contribution in [3.8, 4) is 0 Å². The first-order chi connectivity index (χ1) is 9.22. The molecule has 0 saturated carbocycles. The highest BCUT2D eigenvalue weighted by Crippen LogP contribution is 2.29. The van der Waals surface area contributed by atoms with Crippen molar-refractivity contribution in [3.63, 3.8) is 0 Å². The molecule has 7 nitrogen and oxygen atoms in total. The van der Waals surface area contributed by atoms with Crippen molar-refractivity contribution in [1.29, 1.82) is 0 Å². The molecule has 0 amide bonds. The molecule has 1 aromatic carbocycles. The Morgan fingerprint density at radius 3 is 2.05 bits per heavy atom. The quantitative estimate of drug-likeness (QED) is 0.306. The molecule has 0 atom stereocenters. The van der Waals surface area contributed by atoms with Crippen molar-refractivity contribution in [2.75, 3.05) is 6.26 Å². The number of non-ortho nitro benzene ring substituents is 1. The number of nitrogens with zero attached hydrogens (tertiary/aromatic N) is 1. The van der Waals surface area contributed by atoms with Crippen molar-refractivity contribution in [3.05, 3.63) is 39.4 Å². The van der Waals surface area contributed by atoms with Crippen LogP contribution in [0.4, 0.5) is 5.69 Å². The van der Waals surface area contributed by atoms with Gasteiger partial charge in [-0.2, -0.15) is 8.42 Å². The van der Waals surface area contributed by atoms with E-state index in [1.54, 1.807) is 0 Å². The molecule has 0 bridgehead atoms. The van der Waals surface area contributed by atoms with Crippen LogP contribution < -0.4 is 0 Å². The zero-order valence-corrected chi connectivity index (χ0v) is 11.7. The second-order valence-electron chi connectivity index (χ2n) is 4.43. The summed E-state index contributed by atoms with van der Waals surface area (Å²) in [7, 11) is 17.4. The number of aliphatic hydroxyl groups is 1. The van der Waals surface area contributed by atoms with Gasteiger partial charge in [0.2, 0.25) is 0 Å². The number of hydrogen-bond donors (Lipinski definition) is 1. The average Bonchev–Trinajstić information content (AvgIpc) is 2.23. The largest absolute Gasteiger partial charge is 0.405 e. The lowest BCUT2D eigenvalue weighted by Gasteiger charge is -2.28. The van der Waals surface area contributed by atoms with Crippen LogP contribution >= 0.6 is 0 Å². The van der Waals surface area contributed by atoms with Crippen molar-refractivity contribution in [2.24, 2.45) is 0 Å². The van der Waals surface area contributed by atoms with Crippen LogP contribution in [0.3, 0.4) is 0 Å². The number of nitro benzene ring substituents is 1. The van der Waals surface area contributed by atoms with E-state index < -0.39 is 31.5 Å². The van der Waals surface area contributed by atoms with Crippen molar-refractivity contribution in [2.45, 2.75) is 10.8 Å². The molecule has 21 heavy (non-hydrogen) atoms. The van der Waals surface area contributed by atoms with E-state index in [-0.39, 0.29) is 11.1 Å². The summed E-state index contributed by atoms with van der Waals surface area (Å²) in [5.41, 5.74) is -1.18. The first-order valence-corrected chi connectivity index (χ1v) is 7.13. The molecule has 0 spiro atoms. The summed E-state index contributed by atoms with van der Waals surface area (Å²) in [6, 6.07) is 2.76. The maximum atomic E-state index is 11.1. The van der Waals surface area contributed by atoms with Gasteiger partial charge in [-0.15, -0.1) is 0 Å². The molecule has 0 unspecified atom stereocenters. The third-order valence-electron chi connectivity index (χ3n) is 2.33. The third kappa shape index (κ3) is 4.90. The maximum absolute atomic E-state index is 11.1. The molecule has 1 aromatic rings. The SMILES string of the molecule is [B]C([B])(O)c1cc([N+](=O)[O-])cc(C([B])([B])OS(C)(=O)=O)c1. The van der Waals surface area contributed by atoms with E-state index in [4.69, 9.17) is 31.4 Å². The van der Waals surface area contributed by atoms with E-state index in [1.165, 1.54) is 0 Å². The zero-order chi connectivity index (χ0) is 16.6. The summed E-state index contributed by atoms with van der Waals surface area (Å²) >= 11 is 0. The van der Waals surface area contributed by atoms with Gasteiger partial charge in [0.05, 0.1) is 11.2 Å². The lowest BCUT2D eigenvalue weighted by molar-refractivity contribution is -0.385. The normalized spacial score (nSPS) is 13.0. The summed E-state index contributed by atoms with van der Waals surface area (Å²) < 4.78 is 26.7. The van der Waals surface area contributed by atoms with Gasteiger partial charge < -0.3 is 5.11 Å².